The first-order chi connectivity index (χ1) is 14.0. The maximum atomic E-state index is 14.2. The van der Waals surface area contributed by atoms with Gasteiger partial charge in [-0.15, -0.1) is 6.42 Å². The Balaban J connectivity index is 1.71. The Morgan fingerprint density at radius 1 is 1.14 bits per heavy atom. The van der Waals surface area contributed by atoms with Crippen LogP contribution in [-0.4, -0.2) is 22.3 Å². The molecule has 3 aromatic rings. The molecule has 29 heavy (non-hydrogen) atoms. The smallest absolute Gasteiger partial charge is 0.279 e. The van der Waals surface area contributed by atoms with Gasteiger partial charge in [0.05, 0.1) is 22.4 Å². The molecule has 0 N–H and O–H groups in total. The van der Waals surface area contributed by atoms with E-state index in [-0.39, 0.29) is 36.8 Å². The molecule has 2 heterocycles. The number of aromatic nitrogens is 1. The Morgan fingerprint density at radius 2 is 1.83 bits per heavy atom. The molecule has 0 unspecified atom stereocenters. The number of para-hydroxylation sites is 1. The lowest BCUT2D eigenvalue weighted by atomic mass is 10.2. The average molecular weight is 407 g/mol. The van der Waals surface area contributed by atoms with E-state index < -0.39 is 11.7 Å². The number of rotatable bonds is 3. The number of carbonyl (C=O) groups excluding carboxylic acids is 3. The largest absolute Gasteiger partial charge is 0.302 e. The van der Waals surface area contributed by atoms with E-state index in [2.05, 4.69) is 10.9 Å². The number of nitrogens with zero attached hydrogens (tertiary/aromatic N) is 3. The highest BCUT2D eigenvalue weighted by Crippen LogP contribution is 2.23. The molecule has 0 spiro atoms. The highest BCUT2D eigenvalue weighted by atomic mass is 32.1. The standard InChI is InChI=1S/C21H14FN3O3S/c1-2-12-24-19-15(22)4-3-5-16(19)29-21(24)23-20(28)13-6-8-14(9-7-13)25-17(26)10-11-18(25)27/h1,3-9H,10-12H2. The molecule has 6 nitrogen and oxygen atoms in total. The highest BCUT2D eigenvalue weighted by molar-refractivity contribution is 7.16. The topological polar surface area (TPSA) is 71.7 Å². The number of hydrogen-bond donors (Lipinski definition) is 0. The first-order valence-electron chi connectivity index (χ1n) is 8.76. The van der Waals surface area contributed by atoms with E-state index in [1.165, 1.54) is 46.2 Å². The molecule has 8 heteroatoms. The first kappa shape index (κ1) is 18.8. The zero-order valence-electron chi connectivity index (χ0n) is 15.1. The van der Waals surface area contributed by atoms with Crippen molar-refractivity contribution in [2.45, 2.75) is 19.4 Å². The van der Waals surface area contributed by atoms with Gasteiger partial charge in [0.2, 0.25) is 11.8 Å². The van der Waals surface area contributed by atoms with Crippen molar-refractivity contribution in [1.82, 2.24) is 4.57 Å². The summed E-state index contributed by atoms with van der Waals surface area (Å²) in [6.45, 7) is 0.0746. The third-order valence-corrected chi connectivity index (χ3v) is 5.57. The second-order valence-corrected chi connectivity index (χ2v) is 7.36. The lowest BCUT2D eigenvalue weighted by Crippen LogP contribution is -2.28. The number of anilines is 1. The molecule has 1 saturated heterocycles. The third-order valence-electron chi connectivity index (χ3n) is 4.52. The van der Waals surface area contributed by atoms with Crippen LogP contribution in [0.3, 0.4) is 0 Å². The van der Waals surface area contributed by atoms with Crippen LogP contribution < -0.4 is 9.70 Å². The molecule has 2 aromatic carbocycles. The van der Waals surface area contributed by atoms with Crippen LogP contribution in [0.2, 0.25) is 0 Å². The van der Waals surface area contributed by atoms with Gasteiger partial charge in [-0.25, -0.2) is 4.39 Å². The highest BCUT2D eigenvalue weighted by Gasteiger charge is 2.30. The maximum Gasteiger partial charge on any atom is 0.279 e. The van der Waals surface area contributed by atoms with Crippen molar-refractivity contribution in [3.63, 3.8) is 0 Å². The third kappa shape index (κ3) is 3.37. The van der Waals surface area contributed by atoms with E-state index in [1.807, 2.05) is 0 Å². The van der Waals surface area contributed by atoms with Crippen LogP contribution in [-0.2, 0) is 16.1 Å². The van der Waals surface area contributed by atoms with Crippen LogP contribution in [0.5, 0.6) is 0 Å². The van der Waals surface area contributed by atoms with Crippen LogP contribution in [0.4, 0.5) is 10.1 Å². The van der Waals surface area contributed by atoms with Crippen molar-refractivity contribution in [3.8, 4) is 12.3 Å². The predicted molar refractivity (Wildman–Crippen MR) is 107 cm³/mol. The monoisotopic (exact) mass is 407 g/mol. The summed E-state index contributed by atoms with van der Waals surface area (Å²) < 4.78 is 16.4. The van der Waals surface area contributed by atoms with E-state index in [0.717, 1.165) is 4.90 Å². The minimum atomic E-state index is -0.534. The number of benzene rings is 2. The van der Waals surface area contributed by atoms with Crippen LogP contribution in [0.15, 0.2) is 47.5 Å². The summed E-state index contributed by atoms with van der Waals surface area (Å²) in [4.78, 5) is 41.8. The van der Waals surface area contributed by atoms with Crippen LogP contribution in [0, 0.1) is 18.2 Å². The number of terminal acetylenes is 1. The SMILES string of the molecule is C#CCn1c(=NC(=O)c2ccc(N3C(=O)CCC3=O)cc2)sc2cccc(F)c21. The van der Waals surface area contributed by atoms with Gasteiger partial charge in [0, 0.05) is 18.4 Å². The fourth-order valence-corrected chi connectivity index (χ4v) is 4.22. The maximum absolute atomic E-state index is 14.2. The van der Waals surface area contributed by atoms with Gasteiger partial charge in [0.25, 0.3) is 5.91 Å². The number of carbonyl (C=O) groups is 3. The van der Waals surface area contributed by atoms with Crippen LogP contribution in [0.25, 0.3) is 10.2 Å². The van der Waals surface area contributed by atoms with Crippen molar-refractivity contribution >= 4 is 45.0 Å². The van der Waals surface area contributed by atoms with Crippen molar-refractivity contribution < 1.29 is 18.8 Å². The zero-order valence-corrected chi connectivity index (χ0v) is 15.9. The fraction of sp³-hybridized carbons (Fsp3) is 0.143. The lowest BCUT2D eigenvalue weighted by molar-refractivity contribution is -0.121. The number of hydrogen-bond acceptors (Lipinski definition) is 4. The fourth-order valence-electron chi connectivity index (χ4n) is 3.18. The van der Waals surface area contributed by atoms with E-state index in [0.29, 0.717) is 20.7 Å². The molecule has 0 atom stereocenters. The minimum absolute atomic E-state index is 0.0746. The van der Waals surface area contributed by atoms with Gasteiger partial charge in [-0.2, -0.15) is 4.99 Å². The Labute approximate surface area is 168 Å². The molecule has 0 aliphatic carbocycles. The van der Waals surface area contributed by atoms with E-state index >= 15 is 0 Å². The molecule has 4 rings (SSSR count). The van der Waals surface area contributed by atoms with Gasteiger partial charge in [0.15, 0.2) is 4.80 Å². The summed E-state index contributed by atoms with van der Waals surface area (Å²) in [5.41, 5.74) is 1.00. The molecule has 0 radical (unpaired) electrons. The molecule has 0 bridgehead atoms. The number of fused-ring (bicyclic) bond motifs is 1. The summed E-state index contributed by atoms with van der Waals surface area (Å²) >= 11 is 1.17. The molecule has 3 amide bonds. The Bertz CT molecular complexity index is 1250. The van der Waals surface area contributed by atoms with Crippen molar-refractivity contribution in [2.75, 3.05) is 4.90 Å². The predicted octanol–water partition coefficient (Wildman–Crippen LogP) is 2.87. The number of amides is 3. The Hall–Kier alpha value is -3.57. The van der Waals surface area contributed by atoms with Gasteiger partial charge in [-0.1, -0.05) is 23.3 Å². The summed E-state index contributed by atoms with van der Waals surface area (Å²) in [7, 11) is 0. The van der Waals surface area contributed by atoms with Gasteiger partial charge < -0.3 is 4.57 Å². The Morgan fingerprint density at radius 3 is 2.48 bits per heavy atom. The second kappa shape index (κ2) is 7.45. The average Bonchev–Trinajstić information content (AvgIpc) is 3.22. The quantitative estimate of drug-likeness (QED) is 0.495. The van der Waals surface area contributed by atoms with Gasteiger partial charge in [-0.3, -0.25) is 19.3 Å². The van der Waals surface area contributed by atoms with Crippen molar-refractivity contribution in [3.05, 3.63) is 58.6 Å². The molecular weight excluding hydrogens is 393 g/mol. The Kier molecular flexibility index (Phi) is 4.82. The van der Waals surface area contributed by atoms with Crippen LogP contribution >= 0.6 is 11.3 Å². The summed E-state index contributed by atoms with van der Waals surface area (Å²) in [6.07, 6.45) is 5.77. The van der Waals surface area contributed by atoms with E-state index in [9.17, 15) is 18.8 Å². The number of thiazole rings is 1. The van der Waals surface area contributed by atoms with Crippen molar-refractivity contribution in [2.24, 2.45) is 4.99 Å². The normalized spacial score (nSPS) is 14.6. The lowest BCUT2D eigenvalue weighted by Gasteiger charge is -2.13. The second-order valence-electron chi connectivity index (χ2n) is 6.35. The van der Waals surface area contributed by atoms with Gasteiger partial charge in [0.1, 0.15) is 5.82 Å². The molecule has 144 valence electrons. The molecular formula is C21H14FN3O3S. The summed E-state index contributed by atoms with van der Waals surface area (Å²) in [6, 6.07) is 10.7. The molecule has 0 saturated carbocycles. The van der Waals surface area contributed by atoms with Crippen molar-refractivity contribution in [1.29, 1.82) is 0 Å². The number of halogens is 1. The molecule has 1 fully saturated rings. The van der Waals surface area contributed by atoms with Gasteiger partial charge >= 0.3 is 0 Å². The first-order valence-corrected chi connectivity index (χ1v) is 9.57. The molecule has 1 aromatic heterocycles. The molecule has 1 aliphatic heterocycles. The van der Waals surface area contributed by atoms with Gasteiger partial charge in [-0.05, 0) is 36.4 Å². The minimum Gasteiger partial charge on any atom is -0.302 e. The molecule has 1 aliphatic rings. The summed E-state index contributed by atoms with van der Waals surface area (Å²) in [5, 5.41) is 0. The number of imide groups is 1. The van der Waals surface area contributed by atoms with Crippen LogP contribution in [0.1, 0.15) is 23.2 Å². The van der Waals surface area contributed by atoms with E-state index in [1.54, 1.807) is 12.1 Å². The zero-order chi connectivity index (χ0) is 20.5. The van der Waals surface area contributed by atoms with E-state index in [4.69, 9.17) is 6.42 Å². The summed E-state index contributed by atoms with van der Waals surface area (Å²) in [5.74, 6) is 0.955.